The summed E-state index contributed by atoms with van der Waals surface area (Å²) in [6, 6.07) is 4.21. The van der Waals surface area contributed by atoms with Crippen LogP contribution in [0.15, 0.2) is 30.5 Å². The van der Waals surface area contributed by atoms with Crippen LogP contribution in [0.3, 0.4) is 0 Å². The van der Waals surface area contributed by atoms with E-state index < -0.39 is 41.4 Å². The Morgan fingerprint density at radius 1 is 1.19 bits per heavy atom. The van der Waals surface area contributed by atoms with Crippen molar-refractivity contribution in [3.63, 3.8) is 0 Å². The van der Waals surface area contributed by atoms with Gasteiger partial charge in [0.2, 0.25) is 11.8 Å². The molecule has 2 heterocycles. The Balaban J connectivity index is 1.51. The predicted molar refractivity (Wildman–Crippen MR) is 131 cm³/mol. The largest absolute Gasteiger partial charge is 0.482 e. The fourth-order valence-corrected chi connectivity index (χ4v) is 5.04. The Labute approximate surface area is 218 Å². The second-order valence-corrected chi connectivity index (χ2v) is 9.74. The zero-order valence-corrected chi connectivity index (χ0v) is 21.1. The molecule has 1 saturated carbocycles. The van der Waals surface area contributed by atoms with Gasteiger partial charge >= 0.3 is 5.97 Å². The fraction of sp³-hybridized carbons (Fsp3) is 0.462. The van der Waals surface area contributed by atoms with Gasteiger partial charge in [-0.3, -0.25) is 9.59 Å². The standard InChI is InChI=1S/C26H28ClF2N3O5/c1-36-26(35)16-7-10-21(30-13-16)31-25(34)20(11-15-5-3-2-4-6-15)32-14-17(12-22(32)33)37-24-19(28)9-8-18(27)23(24)29/h7-10,13,15,17,20H,2-6,11-12,14H2,1H3,(H,30,31,34)/t17?,20-/m0/s1. The number of carbonyl (C=O) groups excluding carboxylic acids is 3. The molecule has 11 heteroatoms. The predicted octanol–water partition coefficient (Wildman–Crippen LogP) is 4.76. The molecule has 8 nitrogen and oxygen atoms in total. The van der Waals surface area contributed by atoms with Gasteiger partial charge in [0.1, 0.15) is 18.0 Å². The molecule has 2 amide bonds. The SMILES string of the molecule is COC(=O)c1ccc(NC(=O)[C@H](CC2CCCCC2)N2CC(Oc3c(F)ccc(Cl)c3F)CC2=O)nc1. The van der Waals surface area contributed by atoms with Crippen molar-refractivity contribution < 1.29 is 32.6 Å². The van der Waals surface area contributed by atoms with Crippen molar-refractivity contribution in [1.82, 2.24) is 9.88 Å². The molecule has 1 aromatic carbocycles. The van der Waals surface area contributed by atoms with Gasteiger partial charge < -0.3 is 19.7 Å². The summed E-state index contributed by atoms with van der Waals surface area (Å²) in [6.45, 7) is -0.0102. The van der Waals surface area contributed by atoms with E-state index in [1.54, 1.807) is 0 Å². The highest BCUT2D eigenvalue weighted by Crippen LogP contribution is 2.33. The molecule has 2 fully saturated rings. The average Bonchev–Trinajstić information content (AvgIpc) is 3.27. The van der Waals surface area contributed by atoms with Crippen molar-refractivity contribution in [1.29, 1.82) is 0 Å². The van der Waals surface area contributed by atoms with Crippen LogP contribution in [0.25, 0.3) is 0 Å². The molecular formula is C26H28ClF2N3O5. The lowest BCUT2D eigenvalue weighted by atomic mass is 9.84. The Bertz CT molecular complexity index is 1160. The van der Waals surface area contributed by atoms with Crippen molar-refractivity contribution in [3.8, 4) is 5.75 Å². The van der Waals surface area contributed by atoms with Crippen LogP contribution in [0.5, 0.6) is 5.75 Å². The summed E-state index contributed by atoms with van der Waals surface area (Å²) in [4.78, 5) is 43.6. The van der Waals surface area contributed by atoms with E-state index in [1.165, 1.54) is 30.3 Å². The highest BCUT2D eigenvalue weighted by molar-refractivity contribution is 6.30. The lowest BCUT2D eigenvalue weighted by Gasteiger charge is -2.31. The summed E-state index contributed by atoms with van der Waals surface area (Å²) in [5.74, 6) is -3.46. The lowest BCUT2D eigenvalue weighted by molar-refractivity contribution is -0.136. The minimum absolute atomic E-state index is 0.0102. The summed E-state index contributed by atoms with van der Waals surface area (Å²) in [5.41, 5.74) is 0.231. The van der Waals surface area contributed by atoms with Crippen LogP contribution >= 0.6 is 11.6 Å². The number of aromatic nitrogens is 1. The number of carbonyl (C=O) groups is 3. The summed E-state index contributed by atoms with van der Waals surface area (Å²) in [5, 5.41) is 2.44. The first-order valence-electron chi connectivity index (χ1n) is 12.2. The highest BCUT2D eigenvalue weighted by atomic mass is 35.5. The second-order valence-electron chi connectivity index (χ2n) is 9.33. The number of halogens is 3. The van der Waals surface area contributed by atoms with Gasteiger partial charge in [-0.05, 0) is 36.6 Å². The number of methoxy groups -OCH3 is 1. The third-order valence-corrected chi connectivity index (χ3v) is 7.10. The number of amides is 2. The number of nitrogens with zero attached hydrogens (tertiary/aromatic N) is 2. The Morgan fingerprint density at radius 2 is 1.95 bits per heavy atom. The van der Waals surface area contributed by atoms with Gasteiger partial charge in [-0.2, -0.15) is 0 Å². The minimum Gasteiger partial charge on any atom is -0.482 e. The number of nitrogens with one attached hydrogen (secondary N) is 1. The third kappa shape index (κ3) is 6.36. The van der Waals surface area contributed by atoms with E-state index >= 15 is 0 Å². The molecule has 0 bridgehead atoms. The molecule has 1 aromatic heterocycles. The summed E-state index contributed by atoms with van der Waals surface area (Å²) in [7, 11) is 1.26. The topological polar surface area (TPSA) is 97.8 Å². The molecular weight excluding hydrogens is 508 g/mol. The molecule has 4 rings (SSSR count). The smallest absolute Gasteiger partial charge is 0.339 e. The number of esters is 1. The Hall–Kier alpha value is -3.27. The van der Waals surface area contributed by atoms with Crippen molar-refractivity contribution in [3.05, 3.63) is 52.7 Å². The van der Waals surface area contributed by atoms with Gasteiger partial charge in [0.25, 0.3) is 0 Å². The van der Waals surface area contributed by atoms with Crippen LogP contribution in [0.4, 0.5) is 14.6 Å². The van der Waals surface area contributed by atoms with Gasteiger partial charge in [-0.25, -0.2) is 18.6 Å². The van der Waals surface area contributed by atoms with E-state index in [4.69, 9.17) is 16.3 Å². The van der Waals surface area contributed by atoms with Crippen molar-refractivity contribution >= 4 is 35.2 Å². The van der Waals surface area contributed by atoms with Gasteiger partial charge in [0.05, 0.1) is 30.7 Å². The van der Waals surface area contributed by atoms with E-state index in [1.807, 2.05) is 0 Å². The molecule has 198 valence electrons. The number of benzene rings is 1. The number of likely N-dealkylation sites (tertiary alicyclic amines) is 1. The number of pyridine rings is 1. The van der Waals surface area contributed by atoms with Crippen LogP contribution in [-0.4, -0.2) is 53.5 Å². The molecule has 1 unspecified atom stereocenters. The first-order chi connectivity index (χ1) is 17.8. The van der Waals surface area contributed by atoms with Crippen LogP contribution in [0, 0.1) is 17.6 Å². The molecule has 1 aliphatic carbocycles. The monoisotopic (exact) mass is 535 g/mol. The normalized spacial score (nSPS) is 19.0. The number of hydrogen-bond donors (Lipinski definition) is 1. The van der Waals surface area contributed by atoms with E-state index in [0.29, 0.717) is 6.42 Å². The summed E-state index contributed by atoms with van der Waals surface area (Å²) in [6.07, 6.45) is 5.92. The number of hydrogen-bond acceptors (Lipinski definition) is 6. The van der Waals surface area contributed by atoms with E-state index in [-0.39, 0.29) is 41.2 Å². The molecule has 0 radical (unpaired) electrons. The van der Waals surface area contributed by atoms with Gasteiger partial charge in [-0.15, -0.1) is 0 Å². The number of anilines is 1. The first kappa shape index (κ1) is 26.8. The zero-order valence-electron chi connectivity index (χ0n) is 20.3. The maximum Gasteiger partial charge on any atom is 0.339 e. The third-order valence-electron chi connectivity index (χ3n) is 6.81. The Morgan fingerprint density at radius 3 is 2.62 bits per heavy atom. The molecule has 0 spiro atoms. The maximum atomic E-state index is 14.4. The highest BCUT2D eigenvalue weighted by Gasteiger charge is 2.40. The number of rotatable bonds is 8. The lowest BCUT2D eigenvalue weighted by Crippen LogP contribution is -2.46. The molecule has 1 saturated heterocycles. The number of ether oxygens (including phenoxy) is 2. The van der Waals surface area contributed by atoms with Crippen molar-refractivity contribution in [2.45, 2.75) is 57.1 Å². The molecule has 1 N–H and O–H groups in total. The minimum atomic E-state index is -1.04. The molecule has 37 heavy (non-hydrogen) atoms. The van der Waals surface area contributed by atoms with Crippen molar-refractivity contribution in [2.24, 2.45) is 5.92 Å². The second kappa shape index (κ2) is 11.9. The molecule has 2 aromatic rings. The maximum absolute atomic E-state index is 14.4. The van der Waals surface area contributed by atoms with Crippen molar-refractivity contribution in [2.75, 3.05) is 19.0 Å². The average molecular weight is 536 g/mol. The molecule has 2 aliphatic rings. The van der Waals surface area contributed by atoms with E-state index in [9.17, 15) is 23.2 Å². The van der Waals surface area contributed by atoms with Crippen LogP contribution in [-0.2, 0) is 14.3 Å². The van der Waals surface area contributed by atoms with Gasteiger partial charge in [-0.1, -0.05) is 43.7 Å². The van der Waals surface area contributed by atoms with Gasteiger partial charge in [0, 0.05) is 6.20 Å². The molecule has 1 aliphatic heterocycles. The Kier molecular flexibility index (Phi) is 8.58. The van der Waals surface area contributed by atoms with Crippen LogP contribution in [0.2, 0.25) is 5.02 Å². The van der Waals surface area contributed by atoms with E-state index in [0.717, 1.165) is 44.2 Å². The van der Waals surface area contributed by atoms with E-state index in [2.05, 4.69) is 15.0 Å². The summed E-state index contributed by atoms with van der Waals surface area (Å²) >= 11 is 5.76. The molecule has 2 atom stereocenters. The zero-order chi connectivity index (χ0) is 26.5. The van der Waals surface area contributed by atoms with Gasteiger partial charge in [0.15, 0.2) is 17.4 Å². The first-order valence-corrected chi connectivity index (χ1v) is 12.6. The summed E-state index contributed by atoms with van der Waals surface area (Å²) < 4.78 is 38.7. The quantitative estimate of drug-likeness (QED) is 0.387. The van der Waals surface area contributed by atoms with Crippen LogP contribution in [0.1, 0.15) is 55.3 Å². The van der Waals surface area contributed by atoms with Crippen LogP contribution < -0.4 is 10.1 Å². The fourth-order valence-electron chi connectivity index (χ4n) is 4.89.